The molecule has 2 heterocycles. The van der Waals surface area contributed by atoms with E-state index in [-0.39, 0.29) is 35.7 Å². The summed E-state index contributed by atoms with van der Waals surface area (Å²) in [6.07, 6.45) is -6.93. The van der Waals surface area contributed by atoms with E-state index in [0.717, 1.165) is 39.2 Å². The minimum Gasteiger partial charge on any atom is -0.493 e. The van der Waals surface area contributed by atoms with Crippen molar-refractivity contribution in [2.24, 2.45) is 17.4 Å². The number of amides is 3. The minimum absolute atomic E-state index is 0.00887. The van der Waals surface area contributed by atoms with E-state index >= 15 is 0 Å². The summed E-state index contributed by atoms with van der Waals surface area (Å²) in [7, 11) is 1.00. The molecule has 39 heavy (non-hydrogen) atoms. The van der Waals surface area contributed by atoms with Crippen LogP contribution in [0.25, 0.3) is 0 Å². The number of primary amides is 1. The highest BCUT2D eigenvalue weighted by Gasteiger charge is 2.65. The van der Waals surface area contributed by atoms with Crippen molar-refractivity contribution in [1.29, 1.82) is 0 Å². The Balaban J connectivity index is 2.06. The van der Waals surface area contributed by atoms with Crippen molar-refractivity contribution in [1.82, 2.24) is 4.98 Å². The molecule has 1 aliphatic heterocycles. The maximum absolute atomic E-state index is 14.5. The molecule has 3 amide bonds. The third-order valence-electron chi connectivity index (χ3n) is 6.55. The summed E-state index contributed by atoms with van der Waals surface area (Å²) >= 11 is 0. The van der Waals surface area contributed by atoms with Gasteiger partial charge in [0.15, 0.2) is 17.2 Å². The highest BCUT2D eigenvalue weighted by Crippen LogP contribution is 2.55. The van der Waals surface area contributed by atoms with Crippen molar-refractivity contribution in [3.63, 3.8) is 0 Å². The highest BCUT2D eigenvalue weighted by atomic mass is 19.4. The Bertz CT molecular complexity index is 1290. The SMILES string of the molecule is COc1c([C@H]2C(C(=O)Nc3cc(NC(=O)CCN)nc(C(N)=O)c3)O[C@@](C)(C(F)(F)F)C2C)ccc(F)c1F. The third-order valence-corrected chi connectivity index (χ3v) is 6.55. The van der Waals surface area contributed by atoms with Gasteiger partial charge in [0.2, 0.25) is 11.7 Å². The molecule has 15 heteroatoms. The summed E-state index contributed by atoms with van der Waals surface area (Å²) in [6, 6.07) is 3.89. The van der Waals surface area contributed by atoms with Gasteiger partial charge in [0.25, 0.3) is 11.8 Å². The molecule has 212 valence electrons. The number of pyridine rings is 1. The second-order valence-corrected chi connectivity index (χ2v) is 9.01. The average molecular weight is 559 g/mol. The zero-order valence-corrected chi connectivity index (χ0v) is 21.0. The van der Waals surface area contributed by atoms with Gasteiger partial charge in [0, 0.05) is 42.1 Å². The molecule has 1 aromatic carbocycles. The molecule has 0 saturated carbocycles. The molecule has 1 saturated heterocycles. The lowest BCUT2D eigenvalue weighted by Crippen LogP contribution is -2.47. The molecule has 0 radical (unpaired) electrons. The van der Waals surface area contributed by atoms with E-state index in [9.17, 15) is 36.3 Å². The lowest BCUT2D eigenvalue weighted by atomic mass is 9.77. The van der Waals surface area contributed by atoms with E-state index in [4.69, 9.17) is 20.9 Å². The molecule has 4 atom stereocenters. The standard InChI is InChI=1S/C24H26F5N5O5/c1-10-17(12-4-5-13(25)18(26)19(12)38-3)20(39-23(10,2)24(27,28)29)22(37)32-11-8-14(21(31)36)33-15(9-11)34-16(35)6-7-30/h4-5,8-10,17,20H,6-7,30H2,1-3H3,(H2,31,36)(H2,32,33,34,35,37)/t10?,17-,20?,23+/m0/s1. The van der Waals surface area contributed by atoms with E-state index in [1.807, 2.05) is 0 Å². The van der Waals surface area contributed by atoms with Crippen LogP contribution < -0.4 is 26.8 Å². The van der Waals surface area contributed by atoms with Gasteiger partial charge in [-0.25, -0.2) is 9.37 Å². The molecule has 0 bridgehead atoms. The van der Waals surface area contributed by atoms with Gasteiger partial charge in [-0.2, -0.15) is 17.6 Å². The number of ether oxygens (including phenoxy) is 2. The van der Waals surface area contributed by atoms with Crippen molar-refractivity contribution in [2.45, 2.75) is 44.1 Å². The van der Waals surface area contributed by atoms with Crippen molar-refractivity contribution in [3.8, 4) is 5.75 Å². The van der Waals surface area contributed by atoms with Crippen LogP contribution in [0.15, 0.2) is 24.3 Å². The summed E-state index contributed by atoms with van der Waals surface area (Å²) in [5, 5.41) is 4.69. The maximum atomic E-state index is 14.5. The number of halogens is 5. The molecule has 0 aliphatic carbocycles. The largest absolute Gasteiger partial charge is 0.493 e. The summed E-state index contributed by atoms with van der Waals surface area (Å²) < 4.78 is 81.0. The van der Waals surface area contributed by atoms with E-state index in [2.05, 4.69) is 15.6 Å². The fourth-order valence-electron chi connectivity index (χ4n) is 4.38. The van der Waals surface area contributed by atoms with Crippen LogP contribution in [-0.2, 0) is 14.3 Å². The van der Waals surface area contributed by atoms with Gasteiger partial charge < -0.3 is 31.6 Å². The molecular weight excluding hydrogens is 533 g/mol. The van der Waals surface area contributed by atoms with Crippen molar-refractivity contribution < 1.29 is 45.8 Å². The van der Waals surface area contributed by atoms with E-state index in [0.29, 0.717) is 6.07 Å². The summed E-state index contributed by atoms with van der Waals surface area (Å²) in [5.41, 5.74) is 6.97. The van der Waals surface area contributed by atoms with Crippen LogP contribution in [0.2, 0.25) is 0 Å². The van der Waals surface area contributed by atoms with E-state index < -0.39 is 64.8 Å². The fraction of sp³-hybridized carbons (Fsp3) is 0.417. The van der Waals surface area contributed by atoms with Crippen molar-refractivity contribution >= 4 is 29.2 Å². The first-order valence-electron chi connectivity index (χ1n) is 11.5. The van der Waals surface area contributed by atoms with E-state index in [1.54, 1.807) is 0 Å². The zero-order chi connectivity index (χ0) is 29.3. The number of rotatable bonds is 8. The van der Waals surface area contributed by atoms with Gasteiger partial charge >= 0.3 is 6.18 Å². The summed E-state index contributed by atoms with van der Waals surface area (Å²) in [6.45, 7) is 1.91. The maximum Gasteiger partial charge on any atom is 0.417 e. The van der Waals surface area contributed by atoms with E-state index in [1.165, 1.54) is 0 Å². The normalized spacial score (nSPS) is 22.8. The zero-order valence-electron chi connectivity index (χ0n) is 21.0. The Morgan fingerprint density at radius 2 is 1.85 bits per heavy atom. The highest BCUT2D eigenvalue weighted by molar-refractivity contribution is 5.99. The molecule has 6 N–H and O–H groups in total. The van der Waals surface area contributed by atoms with Crippen LogP contribution in [0, 0.1) is 17.6 Å². The van der Waals surface area contributed by atoms with Crippen molar-refractivity contribution in [3.05, 3.63) is 47.2 Å². The van der Waals surface area contributed by atoms with Crippen LogP contribution in [0.3, 0.4) is 0 Å². The number of anilines is 2. The predicted octanol–water partition coefficient (Wildman–Crippen LogP) is 2.83. The number of benzene rings is 1. The van der Waals surface area contributed by atoms with Crippen molar-refractivity contribution in [2.75, 3.05) is 24.3 Å². The molecule has 1 fully saturated rings. The van der Waals surface area contributed by atoms with Crippen LogP contribution >= 0.6 is 0 Å². The molecule has 0 spiro atoms. The molecule has 1 aliphatic rings. The van der Waals surface area contributed by atoms with Gasteiger partial charge in [0.1, 0.15) is 17.6 Å². The topological polar surface area (TPSA) is 159 Å². The molecule has 10 nitrogen and oxygen atoms in total. The molecular formula is C24H26F5N5O5. The van der Waals surface area contributed by atoms with Gasteiger partial charge in [-0.3, -0.25) is 14.4 Å². The summed E-state index contributed by atoms with van der Waals surface area (Å²) in [5.74, 6) is -9.26. The van der Waals surface area contributed by atoms with Gasteiger partial charge in [-0.05, 0) is 19.1 Å². The number of carbonyl (C=O) groups is 3. The Morgan fingerprint density at radius 1 is 1.18 bits per heavy atom. The predicted molar refractivity (Wildman–Crippen MR) is 128 cm³/mol. The molecule has 2 aromatic rings. The number of nitrogens with one attached hydrogen (secondary N) is 2. The lowest BCUT2D eigenvalue weighted by molar-refractivity contribution is -0.272. The smallest absolute Gasteiger partial charge is 0.417 e. The fourth-order valence-corrected chi connectivity index (χ4v) is 4.38. The number of nitrogens with two attached hydrogens (primary N) is 2. The second kappa shape index (κ2) is 11.1. The monoisotopic (exact) mass is 559 g/mol. The second-order valence-electron chi connectivity index (χ2n) is 9.01. The first-order valence-corrected chi connectivity index (χ1v) is 11.5. The van der Waals surface area contributed by atoms with Crippen LogP contribution in [-0.4, -0.2) is 54.2 Å². The van der Waals surface area contributed by atoms with Gasteiger partial charge in [-0.1, -0.05) is 13.0 Å². The number of carbonyl (C=O) groups excluding carboxylic acids is 3. The molecule has 1 aromatic heterocycles. The molecule has 3 rings (SSSR count). The van der Waals surface area contributed by atoms with Crippen LogP contribution in [0.1, 0.15) is 42.2 Å². The van der Waals surface area contributed by atoms with Crippen LogP contribution in [0.5, 0.6) is 5.75 Å². The number of nitrogens with zero attached hydrogens (tertiary/aromatic N) is 1. The Labute approximate surface area is 219 Å². The molecule has 2 unspecified atom stereocenters. The average Bonchev–Trinajstić information content (AvgIpc) is 3.12. The number of methoxy groups -OCH3 is 1. The lowest BCUT2D eigenvalue weighted by Gasteiger charge is -2.32. The first-order chi connectivity index (χ1) is 18.1. The van der Waals surface area contributed by atoms with Crippen LogP contribution in [0.4, 0.5) is 33.5 Å². The first kappa shape index (κ1) is 29.7. The minimum atomic E-state index is -4.96. The number of alkyl halides is 3. The Morgan fingerprint density at radius 3 is 2.41 bits per heavy atom. The Hall–Kier alpha value is -3.85. The summed E-state index contributed by atoms with van der Waals surface area (Å²) in [4.78, 5) is 40.9. The number of hydrogen-bond donors (Lipinski definition) is 4. The quantitative estimate of drug-likeness (QED) is 0.362. The van der Waals surface area contributed by atoms with Gasteiger partial charge in [-0.15, -0.1) is 0 Å². The Kier molecular flexibility index (Phi) is 8.45. The van der Waals surface area contributed by atoms with Gasteiger partial charge in [0.05, 0.1) is 7.11 Å². The third kappa shape index (κ3) is 5.78. The number of hydrogen-bond acceptors (Lipinski definition) is 7. The number of aromatic nitrogens is 1.